The number of rotatable bonds is 9. The van der Waals surface area contributed by atoms with Gasteiger partial charge in [-0.1, -0.05) is 12.1 Å². The van der Waals surface area contributed by atoms with Crippen LogP contribution in [-0.4, -0.2) is 33.8 Å². The molecule has 1 aromatic heterocycles. The number of hydrogen-bond acceptors (Lipinski definition) is 10. The van der Waals surface area contributed by atoms with Crippen molar-refractivity contribution in [3.63, 3.8) is 0 Å². The highest BCUT2D eigenvalue weighted by Crippen LogP contribution is 2.40. The third kappa shape index (κ3) is 5.56. The number of nitrogens with zero attached hydrogens (tertiary/aromatic N) is 6. The van der Waals surface area contributed by atoms with Crippen molar-refractivity contribution in [2.45, 2.75) is 20.8 Å². The first-order valence-electron chi connectivity index (χ1n) is 10.2. The molecule has 0 aliphatic heterocycles. The first-order chi connectivity index (χ1) is 16.2. The standard InChI is InChI=1S/C21H21N7O5S/c1-4-26(5-2)15-9-10-17(18(12-15)22-13(3)29)24-25-21-23-19(20(34-21)28(32)33)14-7-6-8-16(11-14)27(30)31/h6-12H,4-5H2,1-3H3,(H,22,29). The van der Waals surface area contributed by atoms with Gasteiger partial charge in [-0.15, -0.1) is 10.2 Å². The minimum absolute atomic E-state index is 0.00481. The number of anilines is 2. The summed E-state index contributed by atoms with van der Waals surface area (Å²) in [5.41, 5.74) is 1.65. The summed E-state index contributed by atoms with van der Waals surface area (Å²) in [5.74, 6) is -0.286. The molecule has 13 heteroatoms. The lowest BCUT2D eigenvalue weighted by Crippen LogP contribution is -2.21. The molecule has 3 rings (SSSR count). The summed E-state index contributed by atoms with van der Waals surface area (Å²) >= 11 is 0.695. The molecule has 2 aromatic carbocycles. The minimum Gasteiger partial charge on any atom is -0.372 e. The number of azo groups is 1. The second-order valence-electron chi connectivity index (χ2n) is 6.97. The van der Waals surface area contributed by atoms with Crippen LogP contribution in [0.15, 0.2) is 52.7 Å². The number of nitro groups is 2. The Morgan fingerprint density at radius 2 is 1.82 bits per heavy atom. The summed E-state index contributed by atoms with van der Waals surface area (Å²) < 4.78 is 0. The average Bonchev–Trinajstić information content (AvgIpc) is 3.24. The van der Waals surface area contributed by atoms with E-state index in [4.69, 9.17) is 0 Å². The Bertz CT molecular complexity index is 1270. The van der Waals surface area contributed by atoms with E-state index in [1.165, 1.54) is 31.2 Å². The van der Waals surface area contributed by atoms with Crippen molar-refractivity contribution in [3.05, 3.63) is 62.7 Å². The fourth-order valence-electron chi connectivity index (χ4n) is 3.21. The number of benzene rings is 2. The van der Waals surface area contributed by atoms with Gasteiger partial charge < -0.3 is 10.2 Å². The van der Waals surface area contributed by atoms with E-state index in [0.717, 1.165) is 18.8 Å². The van der Waals surface area contributed by atoms with Gasteiger partial charge in [0.05, 0.1) is 15.5 Å². The Labute approximate surface area is 198 Å². The number of nitro benzene ring substituents is 1. The maximum Gasteiger partial charge on any atom is 0.353 e. The van der Waals surface area contributed by atoms with Gasteiger partial charge in [0.1, 0.15) is 5.69 Å². The lowest BCUT2D eigenvalue weighted by atomic mass is 10.1. The number of non-ortho nitro benzene ring substituents is 1. The van der Waals surface area contributed by atoms with Gasteiger partial charge in [0.15, 0.2) is 5.69 Å². The van der Waals surface area contributed by atoms with E-state index in [2.05, 4.69) is 25.4 Å². The van der Waals surface area contributed by atoms with Crippen LogP contribution in [0.25, 0.3) is 11.3 Å². The topological polar surface area (TPSA) is 156 Å². The van der Waals surface area contributed by atoms with Crippen LogP contribution in [0.5, 0.6) is 0 Å². The van der Waals surface area contributed by atoms with E-state index >= 15 is 0 Å². The lowest BCUT2D eigenvalue weighted by Gasteiger charge is -2.22. The lowest BCUT2D eigenvalue weighted by molar-refractivity contribution is -0.384. The fraction of sp³-hybridized carbons (Fsp3) is 0.238. The number of carbonyl (C=O) groups is 1. The number of nitrogens with one attached hydrogen (secondary N) is 1. The predicted molar refractivity (Wildman–Crippen MR) is 129 cm³/mol. The molecule has 3 aromatic rings. The van der Waals surface area contributed by atoms with Crippen molar-refractivity contribution in [1.29, 1.82) is 0 Å². The highest BCUT2D eigenvalue weighted by Gasteiger charge is 2.24. The highest BCUT2D eigenvalue weighted by molar-refractivity contribution is 7.19. The van der Waals surface area contributed by atoms with E-state index < -0.39 is 9.85 Å². The average molecular weight is 484 g/mol. The maximum absolute atomic E-state index is 11.7. The van der Waals surface area contributed by atoms with Crippen LogP contribution >= 0.6 is 11.3 Å². The van der Waals surface area contributed by atoms with E-state index in [1.807, 2.05) is 19.9 Å². The Balaban J connectivity index is 2.00. The molecule has 0 unspecified atom stereocenters. The first kappa shape index (κ1) is 24.4. The van der Waals surface area contributed by atoms with Crippen LogP contribution < -0.4 is 10.2 Å². The van der Waals surface area contributed by atoms with Gasteiger partial charge >= 0.3 is 5.00 Å². The normalized spacial score (nSPS) is 10.9. The van der Waals surface area contributed by atoms with Crippen molar-refractivity contribution < 1.29 is 14.6 Å². The number of hydrogen-bond donors (Lipinski definition) is 1. The molecule has 176 valence electrons. The maximum atomic E-state index is 11.7. The molecular formula is C21H21N7O5S. The summed E-state index contributed by atoms with van der Waals surface area (Å²) in [6.07, 6.45) is 0. The summed E-state index contributed by atoms with van der Waals surface area (Å²) in [6, 6.07) is 10.7. The molecule has 0 aliphatic rings. The van der Waals surface area contributed by atoms with Crippen molar-refractivity contribution in [1.82, 2.24) is 4.98 Å². The zero-order valence-corrected chi connectivity index (χ0v) is 19.4. The summed E-state index contributed by atoms with van der Waals surface area (Å²) in [7, 11) is 0. The highest BCUT2D eigenvalue weighted by atomic mass is 32.1. The molecule has 1 heterocycles. The minimum atomic E-state index is -0.619. The molecule has 34 heavy (non-hydrogen) atoms. The molecule has 0 bridgehead atoms. The van der Waals surface area contributed by atoms with Crippen LogP contribution in [0.4, 0.5) is 32.9 Å². The zero-order chi connectivity index (χ0) is 24.8. The smallest absolute Gasteiger partial charge is 0.353 e. The molecule has 0 saturated heterocycles. The monoisotopic (exact) mass is 483 g/mol. The molecular weight excluding hydrogens is 462 g/mol. The molecule has 1 N–H and O–H groups in total. The molecule has 0 atom stereocenters. The molecule has 1 amide bonds. The molecule has 0 radical (unpaired) electrons. The second-order valence-corrected chi connectivity index (χ2v) is 7.93. The predicted octanol–water partition coefficient (Wildman–Crippen LogP) is 5.85. The number of thiazole rings is 1. The van der Waals surface area contributed by atoms with Gasteiger partial charge in [-0.3, -0.25) is 25.0 Å². The Morgan fingerprint density at radius 1 is 1.09 bits per heavy atom. The van der Waals surface area contributed by atoms with Gasteiger partial charge in [-0.25, -0.2) is 4.98 Å². The van der Waals surface area contributed by atoms with E-state index in [1.54, 1.807) is 12.1 Å². The quantitative estimate of drug-likeness (QED) is 0.227. The van der Waals surface area contributed by atoms with E-state index in [9.17, 15) is 25.0 Å². The van der Waals surface area contributed by atoms with Crippen molar-refractivity contribution in [2.24, 2.45) is 10.2 Å². The van der Waals surface area contributed by atoms with Crippen molar-refractivity contribution in [2.75, 3.05) is 23.3 Å². The van der Waals surface area contributed by atoms with Gasteiger partial charge in [0, 0.05) is 43.4 Å². The van der Waals surface area contributed by atoms with Gasteiger partial charge in [0.25, 0.3) is 5.69 Å². The Kier molecular flexibility index (Phi) is 7.58. The van der Waals surface area contributed by atoms with E-state index in [0.29, 0.717) is 22.7 Å². The molecule has 0 spiro atoms. The van der Waals surface area contributed by atoms with Crippen LogP contribution in [0.3, 0.4) is 0 Å². The van der Waals surface area contributed by atoms with Gasteiger partial charge in [0.2, 0.25) is 11.0 Å². The fourth-order valence-corrected chi connectivity index (χ4v) is 3.93. The third-order valence-corrected chi connectivity index (χ3v) is 5.65. The largest absolute Gasteiger partial charge is 0.372 e. The number of aromatic nitrogens is 1. The summed E-state index contributed by atoms with van der Waals surface area (Å²) in [4.78, 5) is 39.4. The van der Waals surface area contributed by atoms with Crippen LogP contribution in [-0.2, 0) is 4.79 Å². The zero-order valence-electron chi connectivity index (χ0n) is 18.6. The molecule has 12 nitrogen and oxygen atoms in total. The second kappa shape index (κ2) is 10.6. The van der Waals surface area contributed by atoms with Crippen LogP contribution in [0.2, 0.25) is 0 Å². The van der Waals surface area contributed by atoms with Gasteiger partial charge in [-0.05, 0) is 43.4 Å². The number of amides is 1. The summed E-state index contributed by atoms with van der Waals surface area (Å²) in [6.45, 7) is 6.97. The van der Waals surface area contributed by atoms with Gasteiger partial charge in [-0.2, -0.15) is 0 Å². The van der Waals surface area contributed by atoms with E-state index in [-0.39, 0.29) is 33.0 Å². The molecule has 0 saturated carbocycles. The Hall–Kier alpha value is -4.26. The summed E-state index contributed by atoms with van der Waals surface area (Å²) in [5, 5.41) is 33.2. The molecule has 0 fully saturated rings. The first-order valence-corrected chi connectivity index (χ1v) is 11.0. The van der Waals surface area contributed by atoms with Crippen LogP contribution in [0.1, 0.15) is 20.8 Å². The third-order valence-electron chi connectivity index (χ3n) is 4.76. The SMILES string of the molecule is CCN(CC)c1ccc(N=Nc2nc(-c3cccc([N+](=O)[O-])c3)c([N+](=O)[O-])s2)c(NC(C)=O)c1. The Morgan fingerprint density at radius 3 is 2.44 bits per heavy atom. The van der Waals surface area contributed by atoms with Crippen molar-refractivity contribution in [3.8, 4) is 11.3 Å². The molecule has 0 aliphatic carbocycles. The van der Waals surface area contributed by atoms with Crippen LogP contribution in [0, 0.1) is 20.2 Å². The van der Waals surface area contributed by atoms with Crippen molar-refractivity contribution >= 4 is 50.1 Å². The number of carbonyl (C=O) groups excluding carboxylic acids is 1.